The molecule has 3 aliphatic heterocycles. The minimum Gasteiger partial charge on any atom is -0.496 e. The summed E-state index contributed by atoms with van der Waals surface area (Å²) in [5.41, 5.74) is 4.35. The van der Waals surface area contributed by atoms with Crippen molar-refractivity contribution in [2.75, 3.05) is 170 Å². The Morgan fingerprint density at radius 3 is 1.84 bits per heavy atom. The summed E-state index contributed by atoms with van der Waals surface area (Å²) in [5, 5.41) is 41.5. The second-order valence-electron chi connectivity index (χ2n) is 22.7. The van der Waals surface area contributed by atoms with Crippen molar-refractivity contribution in [3.05, 3.63) is 76.4 Å². The number of carbonyl (C=O) groups excluding carboxylic acids is 4. The summed E-state index contributed by atoms with van der Waals surface area (Å²) in [6, 6.07) is 15.1. The largest absolute Gasteiger partial charge is 0.496 e. The molecule has 0 radical (unpaired) electrons. The highest BCUT2D eigenvalue weighted by Crippen LogP contribution is 2.47. The predicted molar refractivity (Wildman–Crippen MR) is 332 cm³/mol. The van der Waals surface area contributed by atoms with Gasteiger partial charge in [0.05, 0.1) is 103 Å². The van der Waals surface area contributed by atoms with Gasteiger partial charge >= 0.3 is 17.9 Å². The molecule has 4 amide bonds. The zero-order valence-electron chi connectivity index (χ0n) is 51.9. The van der Waals surface area contributed by atoms with E-state index in [-0.39, 0.29) is 169 Å². The maximum Gasteiger partial charge on any atom is 0.317 e. The van der Waals surface area contributed by atoms with Crippen LogP contribution in [-0.4, -0.2) is 286 Å². The average Bonchev–Trinajstić information content (AvgIpc) is 1.53. The second-order valence-corrected chi connectivity index (χ2v) is 24.6. The molecule has 4 aromatic rings. The number of amides is 4. The highest BCUT2D eigenvalue weighted by molar-refractivity contribution is 7.85. The summed E-state index contributed by atoms with van der Waals surface area (Å²) < 4.78 is 75.9. The summed E-state index contributed by atoms with van der Waals surface area (Å²) in [6.45, 7) is 7.23. The van der Waals surface area contributed by atoms with Gasteiger partial charge in [0.1, 0.15) is 48.8 Å². The van der Waals surface area contributed by atoms with Gasteiger partial charge in [-0.15, -0.1) is 0 Å². The van der Waals surface area contributed by atoms with Gasteiger partial charge in [0.15, 0.2) is 5.69 Å². The van der Waals surface area contributed by atoms with Gasteiger partial charge < -0.3 is 69.3 Å². The van der Waals surface area contributed by atoms with Crippen LogP contribution in [0.1, 0.15) is 35.5 Å². The van der Waals surface area contributed by atoms with Crippen LogP contribution in [0.25, 0.3) is 28.1 Å². The fourth-order valence-electron chi connectivity index (χ4n) is 10.5. The molecule has 30 nitrogen and oxygen atoms in total. The van der Waals surface area contributed by atoms with Crippen LogP contribution in [0.4, 0.5) is 0 Å². The summed E-state index contributed by atoms with van der Waals surface area (Å²) in [5.74, 6) is -5.26. The van der Waals surface area contributed by atoms with E-state index in [2.05, 4.69) is 16.0 Å². The molecule has 32 heteroatoms. The number of carboxylic acid groups (broad SMARTS) is 3. The van der Waals surface area contributed by atoms with Crippen LogP contribution in [0.2, 0.25) is 5.02 Å². The second kappa shape index (κ2) is 34.4. The lowest BCUT2D eigenvalue weighted by atomic mass is 9.95. The Morgan fingerprint density at radius 2 is 1.29 bits per heavy atom. The third kappa shape index (κ3) is 22.1. The molecule has 0 bridgehead atoms. The Balaban J connectivity index is 0.811. The highest BCUT2D eigenvalue weighted by Gasteiger charge is 2.41. The van der Waals surface area contributed by atoms with E-state index in [1.165, 1.54) is 0 Å². The standard InChI is InChI=1S/C60H81ClN10O20S/c1-40-26-42(61)29-43(27-40)71-57-46-30-45(49(85-4)31-50(46)91-37-47(57)56(65-71)59(81)70-33-51(72)63-39-60(70,2)3)41-6-5-7-44(28-41)90-25-24-89-23-22-88-21-20-87-19-18-86-17-8-62-58(80)48(38-92(82,83)84)64-52(73)32-66-9-11-67(34-53(74)75)13-15-69(36-55(78)79)16-14-68(12-10-66)35-54(76)77/h5-7,26-31,48H,8-25,32-39H2,1-4H3,(H,62,80)(H,63,72)(H,64,73)(H,74,75)(H,76,77)(H,78,79)(H,82,83,84)/t48-/m0/s1. The molecule has 2 fully saturated rings. The lowest BCUT2D eigenvalue weighted by Gasteiger charge is -2.41. The van der Waals surface area contributed by atoms with Gasteiger partial charge in [0, 0.05) is 93.2 Å². The number of carboxylic acids is 3. The predicted octanol–water partition coefficient (Wildman–Crippen LogP) is 0.829. The minimum absolute atomic E-state index is 0.0130. The number of aryl methyl sites for hydroxylation is 1. The topological polar surface area (TPSA) is 369 Å². The SMILES string of the molecule is COc1cc2c(cc1-c1cccc(OCCOCCOCCOCCOCCNC(=O)[C@H](CS(=O)(=O)O)NC(=O)CN3CCN(CC(=O)O)CCN(CC(=O)O)CCN(CC(=O)O)CC3)c1)-c1c(c(C(=O)N3CC(=O)NCC3(C)C)nn1-c1cc(C)cc(Cl)c1)CO2. The fraction of sp³-hybridized carbons (Fsp3) is 0.533. The smallest absolute Gasteiger partial charge is 0.317 e. The zero-order chi connectivity index (χ0) is 66.5. The number of halogens is 1. The zero-order valence-corrected chi connectivity index (χ0v) is 53.5. The maximum absolute atomic E-state index is 14.4. The molecule has 2 saturated heterocycles. The Hall–Kier alpha value is -7.56. The van der Waals surface area contributed by atoms with Crippen LogP contribution in [0.3, 0.4) is 0 Å². The van der Waals surface area contributed by atoms with E-state index < -0.39 is 69.6 Å². The lowest BCUT2D eigenvalue weighted by Crippen LogP contribution is -2.62. The van der Waals surface area contributed by atoms with Gasteiger partial charge in [-0.2, -0.15) is 13.5 Å². The molecule has 1 aromatic heterocycles. The van der Waals surface area contributed by atoms with Crippen LogP contribution in [0.15, 0.2) is 54.6 Å². The van der Waals surface area contributed by atoms with Crippen molar-refractivity contribution in [1.82, 2.24) is 50.2 Å². The van der Waals surface area contributed by atoms with Crippen molar-refractivity contribution in [1.29, 1.82) is 0 Å². The van der Waals surface area contributed by atoms with Gasteiger partial charge in [-0.25, -0.2) is 4.68 Å². The van der Waals surface area contributed by atoms with Crippen LogP contribution >= 0.6 is 11.6 Å². The van der Waals surface area contributed by atoms with E-state index in [9.17, 15) is 61.9 Å². The first-order valence-electron chi connectivity index (χ1n) is 29.8. The molecule has 0 saturated carbocycles. The number of hydrogen-bond donors (Lipinski definition) is 7. The third-order valence-corrected chi connectivity index (χ3v) is 16.1. The number of benzene rings is 3. The third-order valence-electron chi connectivity index (χ3n) is 15.1. The van der Waals surface area contributed by atoms with E-state index in [0.717, 1.165) is 16.7 Å². The van der Waals surface area contributed by atoms with E-state index >= 15 is 0 Å². The number of ether oxygens (including phenoxy) is 7. The number of methoxy groups -OCH3 is 1. The number of fused-ring (bicyclic) bond motifs is 3. The molecule has 0 aliphatic carbocycles. The van der Waals surface area contributed by atoms with Crippen LogP contribution in [0, 0.1) is 6.92 Å². The molecule has 7 N–H and O–H groups in total. The number of nitrogens with zero attached hydrogens (tertiary/aromatic N) is 7. The number of nitrogens with one attached hydrogen (secondary N) is 3. The van der Waals surface area contributed by atoms with Gasteiger partial charge in [-0.3, -0.25) is 57.7 Å². The van der Waals surface area contributed by atoms with E-state index in [1.54, 1.807) is 48.4 Å². The first-order valence-corrected chi connectivity index (χ1v) is 31.8. The molecular weight excluding hydrogens is 1250 g/mol. The molecule has 92 heavy (non-hydrogen) atoms. The number of rotatable bonds is 32. The van der Waals surface area contributed by atoms with Gasteiger partial charge in [0.2, 0.25) is 17.7 Å². The molecule has 7 rings (SSSR count). The Labute approximate surface area is 537 Å². The van der Waals surface area contributed by atoms with Gasteiger partial charge in [-0.05, 0) is 68.3 Å². The fourth-order valence-corrected chi connectivity index (χ4v) is 11.4. The van der Waals surface area contributed by atoms with Crippen LogP contribution in [0.5, 0.6) is 17.2 Å². The molecule has 0 unspecified atom stereocenters. The van der Waals surface area contributed by atoms with E-state index in [0.29, 0.717) is 44.8 Å². The number of aliphatic carboxylic acids is 3. The first-order chi connectivity index (χ1) is 43.9. The summed E-state index contributed by atoms with van der Waals surface area (Å²) in [4.78, 5) is 96.1. The summed E-state index contributed by atoms with van der Waals surface area (Å²) in [7, 11) is -3.20. The Morgan fingerprint density at radius 1 is 0.739 bits per heavy atom. The normalized spacial score (nSPS) is 16.4. The number of piperazine rings is 1. The molecule has 1 atom stereocenters. The van der Waals surface area contributed by atoms with E-state index in [1.807, 2.05) is 63.2 Å². The lowest BCUT2D eigenvalue weighted by molar-refractivity contribution is -0.140. The van der Waals surface area contributed by atoms with Crippen LogP contribution < -0.4 is 30.2 Å². The number of aromatic nitrogens is 2. The Kier molecular flexibility index (Phi) is 26.9. The first kappa shape index (κ1) is 71.9. The molecule has 4 heterocycles. The molecule has 3 aromatic carbocycles. The number of carbonyl (C=O) groups is 7. The quantitative estimate of drug-likeness (QED) is 0.0263. The van der Waals surface area contributed by atoms with Crippen LogP contribution in [-0.2, 0) is 64.4 Å². The summed E-state index contributed by atoms with van der Waals surface area (Å²) >= 11 is 6.58. The van der Waals surface area contributed by atoms with Gasteiger partial charge in [-0.1, -0.05) is 23.7 Å². The van der Waals surface area contributed by atoms with Gasteiger partial charge in [0.25, 0.3) is 16.0 Å². The van der Waals surface area contributed by atoms with Crippen molar-refractivity contribution < 1.29 is 95.0 Å². The molecule has 0 spiro atoms. The van der Waals surface area contributed by atoms with Crippen molar-refractivity contribution in [3.63, 3.8) is 0 Å². The van der Waals surface area contributed by atoms with E-state index in [4.69, 9.17) is 49.9 Å². The van der Waals surface area contributed by atoms with Crippen molar-refractivity contribution in [3.8, 4) is 45.3 Å². The van der Waals surface area contributed by atoms with Crippen molar-refractivity contribution >= 4 is 63.3 Å². The van der Waals surface area contributed by atoms with Crippen molar-refractivity contribution in [2.24, 2.45) is 0 Å². The molecular formula is C60H81ClN10O20S. The number of hydrogen-bond acceptors (Lipinski definition) is 21. The average molecular weight is 1330 g/mol. The molecule has 3 aliphatic rings. The highest BCUT2D eigenvalue weighted by atomic mass is 35.5. The maximum atomic E-state index is 14.4. The Bertz CT molecular complexity index is 3300. The molecule has 504 valence electrons. The van der Waals surface area contributed by atoms with Crippen molar-refractivity contribution in [2.45, 2.75) is 39.0 Å². The monoisotopic (exact) mass is 1330 g/mol. The minimum atomic E-state index is -4.77. The summed E-state index contributed by atoms with van der Waals surface area (Å²) in [6.07, 6.45) is 0.